The van der Waals surface area contributed by atoms with Gasteiger partial charge in [-0.15, -0.1) is 0 Å². The van der Waals surface area contributed by atoms with Crippen LogP contribution in [0.2, 0.25) is 0 Å². The summed E-state index contributed by atoms with van der Waals surface area (Å²) >= 11 is 3.22. The highest BCUT2D eigenvalue weighted by Crippen LogP contribution is 2.52. The largest absolute Gasteiger partial charge is 0.508 e. The van der Waals surface area contributed by atoms with Crippen molar-refractivity contribution in [1.29, 1.82) is 0 Å². The molecule has 4 aliphatic carbocycles. The number of hydrogen-bond donors (Lipinski definition) is 3. The van der Waals surface area contributed by atoms with Gasteiger partial charge in [0.2, 0.25) is 0 Å². The maximum absolute atomic E-state index is 15.2. The van der Waals surface area contributed by atoms with Gasteiger partial charge in [-0.1, -0.05) is 52.3 Å². The molecule has 0 saturated carbocycles. The maximum Gasteiger partial charge on any atom is 0.494 e. The topological polar surface area (TPSA) is 286 Å². The van der Waals surface area contributed by atoms with Crippen molar-refractivity contribution in [1.82, 2.24) is 0 Å². The molecule has 11 aromatic carbocycles. The molecule has 1 saturated heterocycles. The van der Waals surface area contributed by atoms with E-state index >= 15 is 8.78 Å². The summed E-state index contributed by atoms with van der Waals surface area (Å²) in [7, 11) is 3.09. The monoisotopic (exact) mass is 1960 g/mol. The normalized spacial score (nSPS) is 19.4. The van der Waals surface area contributed by atoms with E-state index < -0.39 is 90.6 Å². The molecule has 9 aliphatic rings. The van der Waals surface area contributed by atoms with Crippen LogP contribution in [0.25, 0.3) is 0 Å². The van der Waals surface area contributed by atoms with Crippen molar-refractivity contribution in [2.75, 3.05) is 54.9 Å². The van der Waals surface area contributed by atoms with Gasteiger partial charge in [0.05, 0.1) is 91.8 Å². The number of aromatic hydroxyl groups is 1. The number of methoxy groups -OCH3 is 4. The molecule has 24 nitrogen and oxygen atoms in total. The number of halogens is 8. The molecule has 11 aromatic rings. The number of benzene rings is 11. The Morgan fingerprint density at radius 1 is 0.370 bits per heavy atom. The zero-order valence-electron chi connectivity index (χ0n) is 76.3. The predicted octanol–water partition coefficient (Wildman–Crippen LogP) is 20.0. The average molecular weight is 1960 g/mol. The van der Waals surface area contributed by atoms with Gasteiger partial charge in [-0.05, 0) is 205 Å². The summed E-state index contributed by atoms with van der Waals surface area (Å²) in [5.41, 5.74) is 7.50. The molecule has 0 spiro atoms. The molecule has 20 rings (SSSR count). The van der Waals surface area contributed by atoms with Gasteiger partial charge < -0.3 is 95.5 Å². The Morgan fingerprint density at radius 2 is 0.667 bits per heavy atom. The fraction of sp³-hybridized carbons (Fsp3) is 0.327. The number of rotatable bonds is 24. The summed E-state index contributed by atoms with van der Waals surface area (Å²) in [5, 5.41) is 28.4. The third kappa shape index (κ3) is 20.7. The Labute approximate surface area is 799 Å². The van der Waals surface area contributed by atoms with Crippen molar-refractivity contribution in [3.63, 3.8) is 0 Å². The summed E-state index contributed by atoms with van der Waals surface area (Å²) in [6, 6.07) is 45.3. The smallest absolute Gasteiger partial charge is 0.494 e. The second-order valence-corrected chi connectivity index (χ2v) is 36.4. The standard InChI is InChI=1S/C32H33BF2O7.C26H21BrF2O5.C26H22F2O6.C20H20BFO6/c1-31(2)32(3,4)42-33(41-31)19-6-11-26(24(35)15-19)40-25-13-10-23(34)30-22(25)9-12-27(30)39-20-7-8-21-18(14-29(36)37-5)17-38-28(21)16-20;1-31-25(30)10-14-13-32-24-12-16(3-4-17(14)24)33-23-8-5-18-21(9-6-19(28)26(18)23)34-22-7-2-15(27)11-20(22)29;1-31-25(30)10-14-13-32-24-12-16(3-4-17(14)24)33-23-8-5-18-21(9-6-19(27)26(18)23)34-22-7-2-15(29)11-20(22)28;1-26-19(23)8-11-10-27-18-9-12(2-3-13(11)18)28-17-7-4-14-15(21(24)25)5-6-16(22)20(14)17/h6-8,10-11,13,15-16,18,27H,9,12,14,17H2,1-5H3;2-4,6-7,9,11-12,14,23H,5,8,10,13H2,1H3;2-4,6-7,9,11-12,14,23,29H,5,8,10,13H2,1H3;2-3,5-6,9,11,17,24-25H,4,7-8,10H2,1H3/t18-,27-;2*14-,23-;11-,17-/m1111/s1. The van der Waals surface area contributed by atoms with Crippen molar-refractivity contribution in [3.05, 3.63) is 288 Å². The summed E-state index contributed by atoms with van der Waals surface area (Å²) < 4.78 is 199. The van der Waals surface area contributed by atoms with Gasteiger partial charge in [0, 0.05) is 120 Å². The lowest BCUT2D eigenvalue weighted by atomic mass is 9.76. The summed E-state index contributed by atoms with van der Waals surface area (Å²) in [4.78, 5) is 46.5. The minimum absolute atomic E-state index is 0.0192. The Bertz CT molecular complexity index is 6290. The van der Waals surface area contributed by atoms with E-state index in [9.17, 15) is 56.3 Å². The first-order chi connectivity index (χ1) is 66.3. The molecule has 0 radical (unpaired) electrons. The first-order valence-electron chi connectivity index (χ1n) is 45.0. The van der Waals surface area contributed by atoms with Crippen molar-refractivity contribution >= 4 is 65.0 Å². The molecule has 8 atom stereocenters. The fourth-order valence-electron chi connectivity index (χ4n) is 18.6. The van der Waals surface area contributed by atoms with Crippen molar-refractivity contribution in [2.45, 2.75) is 164 Å². The number of carbonyl (C=O) groups is 4. The number of ether oxygens (including phenoxy) is 15. The molecule has 0 amide bonds. The molecule has 5 heterocycles. The molecule has 34 heteroatoms. The van der Waals surface area contributed by atoms with Gasteiger partial charge >= 0.3 is 38.1 Å². The highest BCUT2D eigenvalue weighted by atomic mass is 79.9. The lowest BCUT2D eigenvalue weighted by Gasteiger charge is -2.32. The van der Waals surface area contributed by atoms with Crippen LogP contribution in [0.1, 0.15) is 194 Å². The molecule has 1 fully saturated rings. The van der Waals surface area contributed by atoms with Gasteiger partial charge in [-0.3, -0.25) is 19.2 Å². The van der Waals surface area contributed by atoms with Gasteiger partial charge in [0.1, 0.15) is 117 Å². The minimum Gasteiger partial charge on any atom is -0.508 e. The van der Waals surface area contributed by atoms with Crippen molar-refractivity contribution in [3.8, 4) is 86.2 Å². The van der Waals surface area contributed by atoms with Crippen LogP contribution in [0.3, 0.4) is 0 Å². The third-order valence-electron chi connectivity index (χ3n) is 26.4. The van der Waals surface area contributed by atoms with E-state index in [4.69, 9.17) is 80.4 Å². The Balaban J connectivity index is 0.000000129. The average Bonchev–Trinajstić information content (AvgIpc) is 1.61. The van der Waals surface area contributed by atoms with E-state index in [-0.39, 0.29) is 96.2 Å². The van der Waals surface area contributed by atoms with E-state index in [0.717, 1.165) is 28.3 Å². The summed E-state index contributed by atoms with van der Waals surface area (Å²) in [6.07, 6.45) is 3.01. The molecular weight excluding hydrogens is 1870 g/mol. The maximum atomic E-state index is 15.2. The molecule has 3 N–H and O–H groups in total. The molecule has 0 aromatic heterocycles. The third-order valence-corrected chi connectivity index (χ3v) is 26.9. The first kappa shape index (κ1) is 96.5. The van der Waals surface area contributed by atoms with Crippen LogP contribution in [-0.4, -0.2) is 119 Å². The minimum atomic E-state index is -1.65. The molecular formula is C104H96B2BrF7O24. The van der Waals surface area contributed by atoms with E-state index in [0.29, 0.717) is 201 Å². The van der Waals surface area contributed by atoms with E-state index in [1.165, 1.54) is 113 Å². The number of fused-ring (bicyclic) bond motifs is 8. The number of phenols is 1. The zero-order chi connectivity index (χ0) is 97.3. The number of carbonyl (C=O) groups excluding carboxylic acids is 4. The van der Waals surface area contributed by atoms with Gasteiger partial charge in [0.15, 0.2) is 34.7 Å². The lowest BCUT2D eigenvalue weighted by Crippen LogP contribution is -2.41. The zero-order valence-corrected chi connectivity index (χ0v) is 77.9. The van der Waals surface area contributed by atoms with Crippen LogP contribution in [0.15, 0.2) is 180 Å². The van der Waals surface area contributed by atoms with Crippen LogP contribution in [0.4, 0.5) is 30.7 Å². The first-order valence-corrected chi connectivity index (χ1v) is 45.8. The Morgan fingerprint density at radius 3 is 0.986 bits per heavy atom. The van der Waals surface area contributed by atoms with Crippen molar-refractivity contribution in [2.24, 2.45) is 0 Å². The Hall–Kier alpha value is -13.1. The second kappa shape index (κ2) is 40.9. The molecule has 0 bridgehead atoms. The number of phenolic OH excluding ortho intramolecular Hbond substituents is 1. The second-order valence-electron chi connectivity index (χ2n) is 35.5. The molecule has 5 aliphatic heterocycles. The summed E-state index contributed by atoms with van der Waals surface area (Å²) in [5.74, 6) is 0.695. The van der Waals surface area contributed by atoms with E-state index in [1.54, 1.807) is 60.7 Å². The van der Waals surface area contributed by atoms with Crippen LogP contribution in [0, 0.1) is 40.7 Å². The number of esters is 4. The van der Waals surface area contributed by atoms with Gasteiger partial charge in [-0.2, -0.15) is 0 Å². The lowest BCUT2D eigenvalue weighted by molar-refractivity contribution is -0.142. The van der Waals surface area contributed by atoms with Crippen LogP contribution >= 0.6 is 15.9 Å². The molecule has 718 valence electrons. The van der Waals surface area contributed by atoms with Crippen LogP contribution in [0.5, 0.6) is 86.2 Å². The molecule has 0 unspecified atom stereocenters. The highest BCUT2D eigenvalue weighted by molar-refractivity contribution is 9.10. The predicted molar refractivity (Wildman–Crippen MR) is 492 cm³/mol. The molecule has 138 heavy (non-hydrogen) atoms. The summed E-state index contributed by atoms with van der Waals surface area (Å²) in [6.45, 7) is 9.30. The van der Waals surface area contributed by atoms with Crippen LogP contribution in [-0.2, 0) is 73.1 Å². The van der Waals surface area contributed by atoms with Gasteiger partial charge in [-0.25, -0.2) is 30.7 Å². The van der Waals surface area contributed by atoms with E-state index in [2.05, 4.69) is 15.9 Å². The quantitative estimate of drug-likeness (QED) is 0.0219. The highest BCUT2D eigenvalue weighted by Gasteiger charge is 2.52. The fourth-order valence-corrected chi connectivity index (χ4v) is 19.0. The van der Waals surface area contributed by atoms with Crippen molar-refractivity contribution < 1.29 is 145 Å². The van der Waals surface area contributed by atoms with Gasteiger partial charge in [0.25, 0.3) is 0 Å². The van der Waals surface area contributed by atoms with Crippen LogP contribution < -0.4 is 63.0 Å². The van der Waals surface area contributed by atoms with E-state index in [1.807, 2.05) is 52.0 Å². The Kier molecular flexibility index (Phi) is 28.6. The number of hydrogen-bond acceptors (Lipinski definition) is 24. The SMILES string of the molecule is COC(=O)C[C@@H]1COc2cc(O[C@@H]3CCc4c(B(O)O)ccc(F)c43)ccc21.COC(=O)C[C@@H]1COc2cc(O[C@@H]3CCc4c(Oc5ccc(B6OC(C)(C)C(C)(C)O6)cc5F)ccc(F)c43)ccc21.COC(=O)C[C@@H]1COc2cc(O[C@@H]3CCc4c(Oc5ccc(Br)cc5F)ccc(F)c43)ccc21.COC(=O)C[C@@H]1COc2cc(O[C@@H]3CCc4c(Oc5ccc(O)cc5F)ccc(F)c43)ccc21.